The maximum absolute atomic E-state index is 13.3. The van der Waals surface area contributed by atoms with Crippen molar-refractivity contribution in [2.24, 2.45) is 0 Å². The highest BCUT2D eigenvalue weighted by molar-refractivity contribution is 7.89. The molecular formula is C27H27N5O5S. The van der Waals surface area contributed by atoms with Gasteiger partial charge in [-0.1, -0.05) is 30.3 Å². The highest BCUT2D eigenvalue weighted by Gasteiger charge is 2.27. The van der Waals surface area contributed by atoms with Crippen molar-refractivity contribution in [3.05, 3.63) is 71.9 Å². The molecule has 0 N–H and O–H groups in total. The molecule has 0 saturated carbocycles. The molecule has 1 aromatic heterocycles. The highest BCUT2D eigenvalue weighted by Crippen LogP contribution is 2.29. The molecule has 196 valence electrons. The summed E-state index contributed by atoms with van der Waals surface area (Å²) in [6.07, 6.45) is 3.25. The fourth-order valence-corrected chi connectivity index (χ4v) is 5.86. The molecule has 10 nitrogen and oxygen atoms in total. The number of carbonyl (C=O) groups is 1. The third-order valence-electron chi connectivity index (χ3n) is 6.43. The molecule has 2 fully saturated rings. The Morgan fingerprint density at radius 1 is 0.947 bits per heavy atom. The molecule has 0 atom stereocenters. The van der Waals surface area contributed by atoms with Crippen molar-refractivity contribution in [3.8, 4) is 23.0 Å². The van der Waals surface area contributed by atoms with Crippen LogP contribution in [-0.4, -0.2) is 85.9 Å². The normalized spacial score (nSPS) is 17.2. The van der Waals surface area contributed by atoms with Gasteiger partial charge in [0.2, 0.25) is 10.0 Å². The summed E-state index contributed by atoms with van der Waals surface area (Å²) in [5.74, 6) is -0.377. The van der Waals surface area contributed by atoms with Gasteiger partial charge in [-0.2, -0.15) is 14.7 Å². The minimum Gasteiger partial charge on any atom is -0.379 e. The van der Waals surface area contributed by atoms with Crippen LogP contribution >= 0.6 is 0 Å². The summed E-state index contributed by atoms with van der Waals surface area (Å²) in [4.78, 5) is 14.8. The first-order chi connectivity index (χ1) is 18.5. The summed E-state index contributed by atoms with van der Waals surface area (Å²) < 4.78 is 40.3. The van der Waals surface area contributed by atoms with E-state index in [9.17, 15) is 18.5 Å². The van der Waals surface area contributed by atoms with Crippen molar-refractivity contribution < 1.29 is 22.7 Å². The minimum atomic E-state index is -3.73. The van der Waals surface area contributed by atoms with E-state index >= 15 is 0 Å². The van der Waals surface area contributed by atoms with Crippen LogP contribution in [0.15, 0.2) is 71.3 Å². The lowest BCUT2D eigenvalue weighted by atomic mass is 10.1. The van der Waals surface area contributed by atoms with E-state index in [1.54, 1.807) is 40.0 Å². The largest absolute Gasteiger partial charge is 0.379 e. The number of nitrogens with zero attached hydrogens (tertiary/aromatic N) is 5. The number of carbonyl (C=O) groups excluding carboxylic acids is 1. The molecule has 1 amide bonds. The Hall–Kier alpha value is -3.82. The molecule has 11 heteroatoms. The van der Waals surface area contributed by atoms with Gasteiger partial charge in [-0.25, -0.2) is 13.1 Å². The number of benzene rings is 2. The predicted octanol–water partition coefficient (Wildman–Crippen LogP) is 2.33. The van der Waals surface area contributed by atoms with Gasteiger partial charge in [-0.05, 0) is 30.3 Å². The van der Waals surface area contributed by atoms with E-state index in [1.807, 2.05) is 36.4 Å². The number of ether oxygens (including phenoxy) is 2. The van der Waals surface area contributed by atoms with Crippen LogP contribution in [0.25, 0.3) is 23.0 Å². The number of amides is 1. The Bertz CT molecular complexity index is 1480. The molecule has 2 aliphatic rings. The van der Waals surface area contributed by atoms with E-state index in [2.05, 4.69) is 0 Å². The molecule has 2 saturated heterocycles. The molecule has 2 aliphatic heterocycles. The van der Waals surface area contributed by atoms with Crippen molar-refractivity contribution in [2.45, 2.75) is 4.90 Å². The van der Waals surface area contributed by atoms with Crippen LogP contribution in [0.2, 0.25) is 0 Å². The van der Waals surface area contributed by atoms with Gasteiger partial charge in [0.05, 0.1) is 37.0 Å². The summed E-state index contributed by atoms with van der Waals surface area (Å²) >= 11 is 0. The van der Waals surface area contributed by atoms with Crippen LogP contribution in [0.5, 0.6) is 0 Å². The smallest absolute Gasteiger partial charge is 0.264 e. The number of hydrogen-bond acceptors (Lipinski definition) is 7. The second kappa shape index (κ2) is 11.3. The number of aromatic nitrogens is 2. The average molecular weight is 534 g/mol. The highest BCUT2D eigenvalue weighted by atomic mass is 32.2. The standard InChI is InChI=1S/C27H27N5O5S/c28-19-22(27(33)30-9-13-36-14-10-30)17-23-20-32(24-6-2-1-3-7-24)29-26(23)21-5-4-8-25(18-21)38(34,35)31-11-15-37-16-12-31/h1-8,17-18,20H,9-16H2/b22-17+. The summed E-state index contributed by atoms with van der Waals surface area (Å²) in [5.41, 5.74) is 2.28. The first kappa shape index (κ1) is 25.8. The second-order valence-corrected chi connectivity index (χ2v) is 10.8. The topological polar surface area (TPSA) is 118 Å². The quantitative estimate of drug-likeness (QED) is 0.353. The van der Waals surface area contributed by atoms with Gasteiger partial charge in [0.25, 0.3) is 5.91 Å². The number of morpholine rings is 2. The Kier molecular flexibility index (Phi) is 7.67. The first-order valence-electron chi connectivity index (χ1n) is 12.3. The second-order valence-electron chi connectivity index (χ2n) is 8.83. The van der Waals surface area contributed by atoms with Gasteiger partial charge in [-0.15, -0.1) is 0 Å². The maximum atomic E-state index is 13.3. The van der Waals surface area contributed by atoms with Crippen LogP contribution < -0.4 is 0 Å². The molecule has 0 unspecified atom stereocenters. The summed E-state index contributed by atoms with van der Waals surface area (Å²) in [5, 5.41) is 14.6. The van der Waals surface area contributed by atoms with E-state index < -0.39 is 10.0 Å². The number of sulfonamides is 1. The third-order valence-corrected chi connectivity index (χ3v) is 8.32. The van der Waals surface area contributed by atoms with Crippen LogP contribution in [0.3, 0.4) is 0 Å². The molecule has 3 aromatic rings. The summed E-state index contributed by atoms with van der Waals surface area (Å²) in [7, 11) is -3.73. The lowest BCUT2D eigenvalue weighted by molar-refractivity contribution is -0.130. The number of nitriles is 1. The zero-order valence-corrected chi connectivity index (χ0v) is 21.5. The fourth-order valence-electron chi connectivity index (χ4n) is 4.40. The summed E-state index contributed by atoms with van der Waals surface area (Å²) in [6.45, 7) is 2.95. The zero-order chi connectivity index (χ0) is 26.5. The molecular weight excluding hydrogens is 506 g/mol. The Morgan fingerprint density at radius 3 is 2.32 bits per heavy atom. The Balaban J connectivity index is 1.57. The minimum absolute atomic E-state index is 0.0298. The SMILES string of the molecule is N#C/C(=C\c1cn(-c2ccccc2)nc1-c1cccc(S(=O)(=O)N2CCOCC2)c1)C(=O)N1CCOCC1. The molecule has 38 heavy (non-hydrogen) atoms. The molecule has 0 radical (unpaired) electrons. The molecule has 5 rings (SSSR count). The lowest BCUT2D eigenvalue weighted by Crippen LogP contribution is -2.41. The van der Waals surface area contributed by atoms with Gasteiger partial charge in [-0.3, -0.25) is 4.79 Å². The Labute approximate surface area is 221 Å². The number of hydrogen-bond donors (Lipinski definition) is 0. The fraction of sp³-hybridized carbons (Fsp3) is 0.296. The summed E-state index contributed by atoms with van der Waals surface area (Å²) in [6, 6.07) is 18.0. The monoisotopic (exact) mass is 533 g/mol. The van der Waals surface area contributed by atoms with Gasteiger partial charge in [0.1, 0.15) is 17.3 Å². The van der Waals surface area contributed by atoms with Crippen molar-refractivity contribution in [1.82, 2.24) is 19.0 Å². The van der Waals surface area contributed by atoms with Crippen LogP contribution in [0.1, 0.15) is 5.56 Å². The molecule has 0 spiro atoms. The Morgan fingerprint density at radius 2 is 1.63 bits per heavy atom. The lowest BCUT2D eigenvalue weighted by Gasteiger charge is -2.26. The van der Waals surface area contributed by atoms with Gasteiger partial charge in [0, 0.05) is 43.5 Å². The van der Waals surface area contributed by atoms with E-state index in [-0.39, 0.29) is 16.4 Å². The average Bonchev–Trinajstić information content (AvgIpc) is 3.41. The maximum Gasteiger partial charge on any atom is 0.264 e. The van der Waals surface area contributed by atoms with E-state index in [0.717, 1.165) is 5.69 Å². The molecule has 2 aromatic carbocycles. The molecule has 3 heterocycles. The first-order valence-corrected chi connectivity index (χ1v) is 13.7. The van der Waals surface area contributed by atoms with Crippen LogP contribution in [-0.2, 0) is 24.3 Å². The van der Waals surface area contributed by atoms with Crippen molar-refractivity contribution >= 4 is 22.0 Å². The molecule has 0 aliphatic carbocycles. The van der Waals surface area contributed by atoms with E-state index in [4.69, 9.17) is 14.6 Å². The van der Waals surface area contributed by atoms with E-state index in [0.29, 0.717) is 69.4 Å². The van der Waals surface area contributed by atoms with Crippen LogP contribution in [0.4, 0.5) is 0 Å². The van der Waals surface area contributed by atoms with Gasteiger partial charge in [0.15, 0.2) is 0 Å². The zero-order valence-electron chi connectivity index (χ0n) is 20.7. The van der Waals surface area contributed by atoms with E-state index in [1.165, 1.54) is 10.4 Å². The van der Waals surface area contributed by atoms with Crippen molar-refractivity contribution in [2.75, 3.05) is 52.6 Å². The number of para-hydroxylation sites is 1. The van der Waals surface area contributed by atoms with Crippen molar-refractivity contribution in [1.29, 1.82) is 5.26 Å². The predicted molar refractivity (Wildman–Crippen MR) is 140 cm³/mol. The van der Waals surface area contributed by atoms with Gasteiger partial charge >= 0.3 is 0 Å². The van der Waals surface area contributed by atoms with Crippen LogP contribution in [0, 0.1) is 11.3 Å². The van der Waals surface area contributed by atoms with Crippen molar-refractivity contribution in [3.63, 3.8) is 0 Å². The third kappa shape index (κ3) is 5.39. The molecule has 0 bridgehead atoms. The number of rotatable bonds is 6. The van der Waals surface area contributed by atoms with Gasteiger partial charge < -0.3 is 14.4 Å².